The zero-order valence-corrected chi connectivity index (χ0v) is 7.17. The van der Waals surface area contributed by atoms with E-state index in [1.807, 2.05) is 4.90 Å². The van der Waals surface area contributed by atoms with Crippen LogP contribution in [0.4, 0.5) is 4.79 Å². The van der Waals surface area contributed by atoms with Crippen molar-refractivity contribution in [3.8, 4) is 0 Å². The van der Waals surface area contributed by atoms with Crippen molar-refractivity contribution in [2.24, 2.45) is 0 Å². The smallest absolute Gasteiger partial charge is 0.409 e. The van der Waals surface area contributed by atoms with E-state index in [-0.39, 0.29) is 6.09 Å². The lowest BCUT2D eigenvalue weighted by molar-refractivity contribution is 0.118. The topological polar surface area (TPSA) is 29.5 Å². The second-order valence-electron chi connectivity index (χ2n) is 2.87. The molecule has 1 aliphatic rings. The first-order valence-electron chi connectivity index (χ1n) is 4.14. The quantitative estimate of drug-likeness (QED) is 0.579. The minimum Gasteiger partial charge on any atom is -0.453 e. The number of nitrogens with zero attached hydrogens (tertiary/aromatic N) is 1. The lowest BCUT2D eigenvalue weighted by Gasteiger charge is -2.21. The second kappa shape index (κ2) is 3.60. The maximum Gasteiger partial charge on any atom is 0.409 e. The van der Waals surface area contributed by atoms with E-state index in [9.17, 15) is 4.79 Å². The van der Waals surface area contributed by atoms with Gasteiger partial charge in [-0.3, -0.25) is 0 Å². The second-order valence-corrected chi connectivity index (χ2v) is 2.87. The number of amides is 1. The first-order chi connectivity index (χ1) is 5.29. The molecule has 1 rings (SSSR count). The van der Waals surface area contributed by atoms with Gasteiger partial charge in [0.1, 0.15) is 0 Å². The third kappa shape index (κ3) is 1.64. The minimum absolute atomic E-state index is 0.172. The highest BCUT2D eigenvalue weighted by Crippen LogP contribution is 2.19. The van der Waals surface area contributed by atoms with E-state index < -0.39 is 0 Å². The number of methoxy groups -OCH3 is 1. The highest BCUT2D eigenvalue weighted by molar-refractivity contribution is 5.68. The van der Waals surface area contributed by atoms with Gasteiger partial charge in [0.05, 0.1) is 7.11 Å². The van der Waals surface area contributed by atoms with Gasteiger partial charge in [-0.1, -0.05) is 6.92 Å². The van der Waals surface area contributed by atoms with Gasteiger partial charge in [0.15, 0.2) is 0 Å². The predicted octanol–water partition coefficient (Wildman–Crippen LogP) is 1.63. The van der Waals surface area contributed by atoms with Crippen molar-refractivity contribution in [1.29, 1.82) is 0 Å². The molecule has 1 amide bonds. The summed E-state index contributed by atoms with van der Waals surface area (Å²) in [6.45, 7) is 2.97. The molecule has 0 aromatic heterocycles. The Morgan fingerprint density at radius 2 is 2.45 bits per heavy atom. The lowest BCUT2D eigenvalue weighted by Crippen LogP contribution is -2.34. The molecule has 3 heteroatoms. The van der Waals surface area contributed by atoms with Crippen LogP contribution >= 0.6 is 0 Å². The largest absolute Gasteiger partial charge is 0.453 e. The number of hydrogen-bond acceptors (Lipinski definition) is 2. The van der Waals surface area contributed by atoms with Crippen LogP contribution in [0.2, 0.25) is 0 Å². The van der Waals surface area contributed by atoms with Gasteiger partial charge in [-0.25, -0.2) is 4.79 Å². The van der Waals surface area contributed by atoms with Crippen LogP contribution in [-0.2, 0) is 4.74 Å². The zero-order chi connectivity index (χ0) is 8.27. The van der Waals surface area contributed by atoms with Gasteiger partial charge in [-0.2, -0.15) is 0 Å². The van der Waals surface area contributed by atoms with E-state index in [0.29, 0.717) is 6.04 Å². The number of hydrogen-bond donors (Lipinski definition) is 0. The van der Waals surface area contributed by atoms with Crippen molar-refractivity contribution in [3.63, 3.8) is 0 Å². The Morgan fingerprint density at radius 3 is 3.00 bits per heavy atom. The molecule has 11 heavy (non-hydrogen) atoms. The van der Waals surface area contributed by atoms with Crippen molar-refractivity contribution in [1.82, 2.24) is 4.90 Å². The summed E-state index contributed by atoms with van der Waals surface area (Å²) in [6, 6.07) is 0.419. The van der Waals surface area contributed by atoms with Gasteiger partial charge in [0.2, 0.25) is 0 Å². The first kappa shape index (κ1) is 8.37. The molecule has 0 spiro atoms. The van der Waals surface area contributed by atoms with Crippen LogP contribution in [0, 0.1) is 0 Å². The van der Waals surface area contributed by atoms with Gasteiger partial charge in [0.25, 0.3) is 0 Å². The summed E-state index contributed by atoms with van der Waals surface area (Å²) >= 11 is 0. The summed E-state index contributed by atoms with van der Waals surface area (Å²) in [6.07, 6.45) is 3.11. The number of carbonyl (C=O) groups is 1. The SMILES string of the molecule is CCC1CCCN1C(=O)OC. The monoisotopic (exact) mass is 157 g/mol. The van der Waals surface area contributed by atoms with E-state index >= 15 is 0 Å². The van der Waals surface area contributed by atoms with Gasteiger partial charge in [-0.05, 0) is 19.3 Å². The number of rotatable bonds is 1. The lowest BCUT2D eigenvalue weighted by atomic mass is 10.2. The Morgan fingerprint density at radius 1 is 1.73 bits per heavy atom. The molecule has 0 aliphatic carbocycles. The predicted molar refractivity (Wildman–Crippen MR) is 42.4 cm³/mol. The van der Waals surface area contributed by atoms with Crippen LogP contribution in [0.25, 0.3) is 0 Å². The molecule has 0 N–H and O–H groups in total. The Kier molecular flexibility index (Phi) is 2.74. The molecule has 1 atom stereocenters. The molecule has 1 saturated heterocycles. The molecule has 64 valence electrons. The van der Waals surface area contributed by atoms with Crippen LogP contribution < -0.4 is 0 Å². The summed E-state index contributed by atoms with van der Waals surface area (Å²) < 4.78 is 4.65. The third-order valence-corrected chi connectivity index (χ3v) is 2.26. The van der Waals surface area contributed by atoms with Crippen LogP contribution in [0.5, 0.6) is 0 Å². The van der Waals surface area contributed by atoms with Gasteiger partial charge in [0, 0.05) is 12.6 Å². The summed E-state index contributed by atoms with van der Waals surface area (Å²) in [4.78, 5) is 12.9. The van der Waals surface area contributed by atoms with Crippen molar-refractivity contribution in [2.75, 3.05) is 13.7 Å². The molecule has 0 radical (unpaired) electrons. The average molecular weight is 157 g/mol. The molecule has 0 saturated carbocycles. The van der Waals surface area contributed by atoms with E-state index in [0.717, 1.165) is 25.8 Å². The molecule has 0 aromatic carbocycles. The average Bonchev–Trinajstić information content (AvgIpc) is 2.50. The third-order valence-electron chi connectivity index (χ3n) is 2.26. The fraction of sp³-hybridized carbons (Fsp3) is 0.875. The first-order valence-corrected chi connectivity index (χ1v) is 4.14. The number of likely N-dealkylation sites (tertiary alicyclic amines) is 1. The number of ether oxygens (including phenoxy) is 1. The van der Waals surface area contributed by atoms with Crippen molar-refractivity contribution in [3.05, 3.63) is 0 Å². The summed E-state index contributed by atoms with van der Waals surface area (Å²) in [5, 5.41) is 0. The number of carbonyl (C=O) groups excluding carboxylic acids is 1. The van der Waals surface area contributed by atoms with E-state index in [4.69, 9.17) is 0 Å². The molecular formula is C8H15NO2. The Bertz CT molecular complexity index is 147. The molecule has 0 aromatic rings. The Labute approximate surface area is 67.3 Å². The fourth-order valence-electron chi connectivity index (χ4n) is 1.62. The summed E-state index contributed by atoms with van der Waals surface area (Å²) in [7, 11) is 1.44. The van der Waals surface area contributed by atoms with Gasteiger partial charge < -0.3 is 9.64 Å². The minimum atomic E-state index is -0.172. The van der Waals surface area contributed by atoms with Crippen LogP contribution in [0.1, 0.15) is 26.2 Å². The van der Waals surface area contributed by atoms with E-state index in [1.165, 1.54) is 7.11 Å². The van der Waals surface area contributed by atoms with Crippen molar-refractivity contribution in [2.45, 2.75) is 32.2 Å². The van der Waals surface area contributed by atoms with Crippen molar-refractivity contribution < 1.29 is 9.53 Å². The van der Waals surface area contributed by atoms with Crippen LogP contribution in [-0.4, -0.2) is 30.7 Å². The molecule has 0 bridgehead atoms. The van der Waals surface area contributed by atoms with Crippen LogP contribution in [0.3, 0.4) is 0 Å². The molecule has 1 aliphatic heterocycles. The molecular weight excluding hydrogens is 142 g/mol. The van der Waals surface area contributed by atoms with Gasteiger partial charge in [-0.15, -0.1) is 0 Å². The Hall–Kier alpha value is -0.730. The maximum absolute atomic E-state index is 11.1. The normalized spacial score (nSPS) is 23.8. The molecule has 1 unspecified atom stereocenters. The van der Waals surface area contributed by atoms with Crippen molar-refractivity contribution >= 4 is 6.09 Å². The standard InChI is InChI=1S/C8H15NO2/c1-3-7-5-4-6-9(7)8(10)11-2/h7H,3-6H2,1-2H3. The highest BCUT2D eigenvalue weighted by atomic mass is 16.5. The zero-order valence-electron chi connectivity index (χ0n) is 7.17. The summed E-state index contributed by atoms with van der Waals surface area (Å²) in [5.74, 6) is 0. The molecule has 1 fully saturated rings. The fourth-order valence-corrected chi connectivity index (χ4v) is 1.62. The Balaban J connectivity index is 2.49. The van der Waals surface area contributed by atoms with Gasteiger partial charge >= 0.3 is 6.09 Å². The van der Waals surface area contributed by atoms with E-state index in [1.54, 1.807) is 0 Å². The van der Waals surface area contributed by atoms with E-state index in [2.05, 4.69) is 11.7 Å². The molecule has 1 heterocycles. The summed E-state index contributed by atoms with van der Waals surface area (Å²) in [5.41, 5.74) is 0. The van der Waals surface area contributed by atoms with Crippen LogP contribution in [0.15, 0.2) is 0 Å². The highest BCUT2D eigenvalue weighted by Gasteiger charge is 2.27. The molecule has 3 nitrogen and oxygen atoms in total. The maximum atomic E-state index is 11.1.